The zero-order valence-corrected chi connectivity index (χ0v) is 17.5. The van der Waals surface area contributed by atoms with E-state index in [9.17, 15) is 4.79 Å². The van der Waals surface area contributed by atoms with Gasteiger partial charge in [0, 0.05) is 31.0 Å². The van der Waals surface area contributed by atoms with Gasteiger partial charge in [-0.15, -0.1) is 0 Å². The molecule has 1 aliphatic rings. The lowest BCUT2D eigenvalue weighted by Gasteiger charge is -2.32. The molecule has 0 spiro atoms. The highest BCUT2D eigenvalue weighted by Crippen LogP contribution is 2.34. The predicted octanol–water partition coefficient (Wildman–Crippen LogP) is 5.51. The molecule has 1 aromatic heterocycles. The average molecular weight is 370 g/mol. The molecule has 0 saturated carbocycles. The van der Waals surface area contributed by atoms with Crippen LogP contribution in [0.4, 0.5) is 0 Å². The smallest absolute Gasteiger partial charge is 0.223 e. The van der Waals surface area contributed by atoms with Crippen LogP contribution in [-0.4, -0.2) is 32.4 Å². The number of amides is 1. The molecular weight excluding hydrogens is 334 g/mol. The summed E-state index contributed by atoms with van der Waals surface area (Å²) in [5.41, 5.74) is 2.14. The van der Waals surface area contributed by atoms with Crippen LogP contribution in [0, 0.1) is 0 Å². The SMILES string of the molecule is CCCCCCCCn1c(C2CC(=O)N(C(C)(C)C)C2)nc2ccccc21. The van der Waals surface area contributed by atoms with E-state index in [2.05, 4.69) is 56.5 Å². The Balaban J connectivity index is 1.78. The first-order chi connectivity index (χ1) is 12.9. The normalized spacial score (nSPS) is 18.0. The number of aromatic nitrogens is 2. The third-order valence-corrected chi connectivity index (χ3v) is 5.72. The predicted molar refractivity (Wildman–Crippen MR) is 112 cm³/mol. The van der Waals surface area contributed by atoms with Crippen LogP contribution >= 0.6 is 0 Å². The summed E-state index contributed by atoms with van der Waals surface area (Å²) in [6.07, 6.45) is 8.31. The Morgan fingerprint density at radius 1 is 1.07 bits per heavy atom. The van der Waals surface area contributed by atoms with Crippen molar-refractivity contribution in [2.75, 3.05) is 6.54 Å². The molecule has 0 N–H and O–H groups in total. The van der Waals surface area contributed by atoms with E-state index in [1.807, 2.05) is 4.90 Å². The van der Waals surface area contributed by atoms with Crippen LogP contribution in [0.5, 0.6) is 0 Å². The number of benzene rings is 1. The Kier molecular flexibility index (Phi) is 6.23. The monoisotopic (exact) mass is 369 g/mol. The largest absolute Gasteiger partial charge is 0.337 e. The number of nitrogens with zero attached hydrogens (tertiary/aromatic N) is 3. The van der Waals surface area contributed by atoms with E-state index in [1.54, 1.807) is 0 Å². The maximum Gasteiger partial charge on any atom is 0.223 e. The highest BCUT2D eigenvalue weighted by atomic mass is 16.2. The lowest BCUT2D eigenvalue weighted by atomic mass is 10.1. The number of unbranched alkanes of at least 4 members (excludes halogenated alkanes) is 5. The van der Waals surface area contributed by atoms with Gasteiger partial charge in [-0.25, -0.2) is 4.98 Å². The number of hydrogen-bond acceptors (Lipinski definition) is 2. The quantitative estimate of drug-likeness (QED) is 0.575. The Hall–Kier alpha value is -1.84. The molecular formula is C23H35N3O. The first-order valence-corrected chi connectivity index (χ1v) is 10.7. The topological polar surface area (TPSA) is 38.1 Å². The zero-order chi connectivity index (χ0) is 19.4. The second kappa shape index (κ2) is 8.45. The van der Waals surface area contributed by atoms with Crippen molar-refractivity contribution in [2.24, 2.45) is 0 Å². The number of aryl methyl sites for hydroxylation is 1. The van der Waals surface area contributed by atoms with Crippen molar-refractivity contribution < 1.29 is 4.79 Å². The van der Waals surface area contributed by atoms with Crippen molar-refractivity contribution in [1.82, 2.24) is 14.5 Å². The van der Waals surface area contributed by atoms with E-state index < -0.39 is 0 Å². The maximum absolute atomic E-state index is 12.6. The van der Waals surface area contributed by atoms with Crippen LogP contribution in [0.15, 0.2) is 24.3 Å². The van der Waals surface area contributed by atoms with Gasteiger partial charge in [0.05, 0.1) is 11.0 Å². The summed E-state index contributed by atoms with van der Waals surface area (Å²) in [5, 5.41) is 0. The molecule has 1 fully saturated rings. The van der Waals surface area contributed by atoms with Crippen molar-refractivity contribution in [3.05, 3.63) is 30.1 Å². The maximum atomic E-state index is 12.6. The fourth-order valence-electron chi connectivity index (χ4n) is 4.22. The number of imidazole rings is 1. The fourth-order valence-corrected chi connectivity index (χ4v) is 4.22. The van der Waals surface area contributed by atoms with E-state index >= 15 is 0 Å². The molecule has 2 heterocycles. The molecule has 1 amide bonds. The van der Waals surface area contributed by atoms with Crippen molar-refractivity contribution in [3.63, 3.8) is 0 Å². The Bertz CT molecular complexity index is 772. The second-order valence-electron chi connectivity index (χ2n) is 8.95. The second-order valence-corrected chi connectivity index (χ2v) is 8.95. The van der Waals surface area contributed by atoms with Crippen molar-refractivity contribution in [3.8, 4) is 0 Å². The van der Waals surface area contributed by atoms with Gasteiger partial charge in [-0.3, -0.25) is 4.79 Å². The lowest BCUT2D eigenvalue weighted by Crippen LogP contribution is -2.42. The van der Waals surface area contributed by atoms with Crippen LogP contribution in [0.1, 0.15) is 84.4 Å². The van der Waals surface area contributed by atoms with Gasteiger partial charge < -0.3 is 9.47 Å². The van der Waals surface area contributed by atoms with Gasteiger partial charge >= 0.3 is 0 Å². The number of hydrogen-bond donors (Lipinski definition) is 0. The summed E-state index contributed by atoms with van der Waals surface area (Å²) in [7, 11) is 0. The number of rotatable bonds is 8. The van der Waals surface area contributed by atoms with Crippen LogP contribution in [0.25, 0.3) is 11.0 Å². The molecule has 2 aromatic rings. The Morgan fingerprint density at radius 3 is 2.48 bits per heavy atom. The van der Waals surface area contributed by atoms with Crippen molar-refractivity contribution in [1.29, 1.82) is 0 Å². The molecule has 0 aliphatic carbocycles. The van der Waals surface area contributed by atoms with Gasteiger partial charge in [0.25, 0.3) is 0 Å². The van der Waals surface area contributed by atoms with Crippen molar-refractivity contribution in [2.45, 2.75) is 90.6 Å². The molecule has 27 heavy (non-hydrogen) atoms. The third kappa shape index (κ3) is 4.53. The van der Waals surface area contributed by atoms with Gasteiger partial charge in [-0.1, -0.05) is 51.2 Å². The number of carbonyl (C=O) groups is 1. The van der Waals surface area contributed by atoms with E-state index in [1.165, 1.54) is 44.0 Å². The average Bonchev–Trinajstić information content (AvgIpc) is 3.18. The Labute approximate surface area is 164 Å². The summed E-state index contributed by atoms with van der Waals surface area (Å²) in [6, 6.07) is 8.40. The minimum absolute atomic E-state index is 0.123. The highest BCUT2D eigenvalue weighted by molar-refractivity contribution is 5.81. The minimum atomic E-state index is -0.123. The summed E-state index contributed by atoms with van der Waals surface area (Å²) in [4.78, 5) is 19.6. The van der Waals surface area contributed by atoms with Crippen molar-refractivity contribution >= 4 is 16.9 Å². The third-order valence-electron chi connectivity index (χ3n) is 5.72. The summed E-state index contributed by atoms with van der Waals surface area (Å²) >= 11 is 0. The zero-order valence-electron chi connectivity index (χ0n) is 17.5. The molecule has 1 atom stereocenters. The standard InChI is InChI=1S/C23H35N3O/c1-5-6-7-8-9-12-15-25-20-14-11-10-13-19(20)24-22(25)18-16-21(27)26(17-18)23(2,3)4/h10-11,13-14,18H,5-9,12,15-17H2,1-4H3. The van der Waals surface area contributed by atoms with Gasteiger partial charge in [0.15, 0.2) is 0 Å². The van der Waals surface area contributed by atoms with E-state index in [0.717, 1.165) is 24.4 Å². The highest BCUT2D eigenvalue weighted by Gasteiger charge is 2.38. The lowest BCUT2D eigenvalue weighted by molar-refractivity contribution is -0.131. The van der Waals surface area contributed by atoms with Gasteiger partial charge in [-0.05, 0) is 39.3 Å². The van der Waals surface area contributed by atoms with E-state index in [4.69, 9.17) is 4.98 Å². The number of carbonyl (C=O) groups excluding carboxylic acids is 1. The first kappa shape index (κ1) is 19.9. The fraction of sp³-hybridized carbons (Fsp3) is 0.652. The molecule has 0 radical (unpaired) electrons. The van der Waals surface area contributed by atoms with Crippen LogP contribution in [0.3, 0.4) is 0 Å². The molecule has 4 heteroatoms. The number of para-hydroxylation sites is 2. The van der Waals surface area contributed by atoms with Crippen LogP contribution in [0.2, 0.25) is 0 Å². The number of fused-ring (bicyclic) bond motifs is 1. The van der Waals surface area contributed by atoms with E-state index in [-0.39, 0.29) is 17.4 Å². The molecule has 0 bridgehead atoms. The number of likely N-dealkylation sites (tertiary alicyclic amines) is 1. The summed E-state index contributed by atoms with van der Waals surface area (Å²) in [5.74, 6) is 1.56. The summed E-state index contributed by atoms with van der Waals surface area (Å²) in [6.45, 7) is 10.4. The van der Waals surface area contributed by atoms with Gasteiger partial charge in [0.1, 0.15) is 5.82 Å². The van der Waals surface area contributed by atoms with Crippen LogP contribution < -0.4 is 0 Å². The van der Waals surface area contributed by atoms with Crippen LogP contribution in [-0.2, 0) is 11.3 Å². The molecule has 1 unspecified atom stereocenters. The molecule has 1 aromatic carbocycles. The summed E-state index contributed by atoms with van der Waals surface area (Å²) < 4.78 is 2.39. The first-order valence-electron chi connectivity index (χ1n) is 10.7. The Morgan fingerprint density at radius 2 is 1.78 bits per heavy atom. The molecule has 4 nitrogen and oxygen atoms in total. The van der Waals surface area contributed by atoms with Gasteiger partial charge in [0.2, 0.25) is 5.91 Å². The minimum Gasteiger partial charge on any atom is -0.337 e. The molecule has 1 aliphatic heterocycles. The molecule has 148 valence electrons. The molecule has 1 saturated heterocycles. The molecule has 3 rings (SSSR count). The van der Waals surface area contributed by atoms with E-state index in [0.29, 0.717) is 6.42 Å². The van der Waals surface area contributed by atoms with Gasteiger partial charge in [-0.2, -0.15) is 0 Å².